The molecule has 0 aliphatic carbocycles. The summed E-state index contributed by atoms with van der Waals surface area (Å²) in [6, 6.07) is 11.7. The molecule has 0 aliphatic heterocycles. The molecule has 0 bridgehead atoms. The van der Waals surface area contributed by atoms with Crippen LogP contribution < -0.4 is 5.73 Å². The number of carbonyl (C=O) groups excluding carboxylic acids is 1. The van der Waals surface area contributed by atoms with Crippen molar-refractivity contribution in [2.24, 2.45) is 5.73 Å². The summed E-state index contributed by atoms with van der Waals surface area (Å²) in [6.45, 7) is 0.890. The highest BCUT2D eigenvalue weighted by molar-refractivity contribution is 5.90. The maximum absolute atomic E-state index is 11.3. The van der Waals surface area contributed by atoms with Crippen LogP contribution in [0.1, 0.15) is 5.56 Å². The number of primary amides is 1. The monoisotopic (exact) mass is 294 g/mol. The molecule has 0 saturated heterocycles. The van der Waals surface area contributed by atoms with E-state index in [4.69, 9.17) is 5.73 Å². The van der Waals surface area contributed by atoms with Crippen LogP contribution in [0.4, 0.5) is 4.79 Å². The van der Waals surface area contributed by atoms with E-state index in [9.17, 15) is 4.79 Å². The van der Waals surface area contributed by atoms with Gasteiger partial charge >= 0.3 is 6.03 Å². The van der Waals surface area contributed by atoms with Crippen LogP contribution in [0.2, 0.25) is 0 Å². The Morgan fingerprint density at radius 2 is 2.05 bits per heavy atom. The molecule has 0 radical (unpaired) electrons. The van der Waals surface area contributed by atoms with Crippen LogP contribution in [0.5, 0.6) is 0 Å². The third kappa shape index (κ3) is 2.71. The topological polar surface area (TPSA) is 64.2 Å². The predicted molar refractivity (Wildman–Crippen MR) is 87.5 cm³/mol. The van der Waals surface area contributed by atoms with Gasteiger partial charge in [-0.2, -0.15) is 0 Å². The van der Waals surface area contributed by atoms with Crippen molar-refractivity contribution in [3.05, 3.63) is 54.4 Å². The van der Waals surface area contributed by atoms with Crippen molar-refractivity contribution < 1.29 is 4.79 Å². The number of nitrogens with zero attached hydrogens (tertiary/aromatic N) is 3. The Balaban J connectivity index is 2.02. The summed E-state index contributed by atoms with van der Waals surface area (Å²) in [6.07, 6.45) is 3.42. The van der Waals surface area contributed by atoms with Crippen molar-refractivity contribution in [2.45, 2.75) is 6.54 Å². The SMILES string of the molecule is CN(C)Cc1cccc(-c2cnc3c(ccn3C(N)=O)c2)c1. The van der Waals surface area contributed by atoms with Gasteiger partial charge in [0.25, 0.3) is 0 Å². The molecular formula is C17H18N4O. The standard InChI is InChI=1S/C17H18N4O/c1-20(2)11-12-4-3-5-13(8-12)15-9-14-6-7-21(17(18)22)16(14)19-10-15/h3-10H,11H2,1-2H3,(H2,18,22). The van der Waals surface area contributed by atoms with E-state index < -0.39 is 6.03 Å². The molecule has 0 unspecified atom stereocenters. The van der Waals surface area contributed by atoms with Gasteiger partial charge < -0.3 is 10.6 Å². The summed E-state index contributed by atoms with van der Waals surface area (Å²) >= 11 is 0. The molecule has 0 spiro atoms. The summed E-state index contributed by atoms with van der Waals surface area (Å²) in [5.41, 5.74) is 9.29. The molecule has 0 atom stereocenters. The van der Waals surface area contributed by atoms with Crippen molar-refractivity contribution in [3.63, 3.8) is 0 Å². The Bertz CT molecular complexity index is 836. The first-order valence-corrected chi connectivity index (χ1v) is 7.05. The van der Waals surface area contributed by atoms with E-state index in [1.54, 1.807) is 12.4 Å². The van der Waals surface area contributed by atoms with Crippen LogP contribution in [0, 0.1) is 0 Å². The molecule has 2 heterocycles. The first-order valence-electron chi connectivity index (χ1n) is 7.05. The van der Waals surface area contributed by atoms with Gasteiger partial charge in [0, 0.05) is 29.9 Å². The molecule has 22 heavy (non-hydrogen) atoms. The van der Waals surface area contributed by atoms with Crippen LogP contribution in [-0.4, -0.2) is 34.6 Å². The van der Waals surface area contributed by atoms with Crippen molar-refractivity contribution >= 4 is 17.1 Å². The maximum atomic E-state index is 11.3. The fraction of sp³-hybridized carbons (Fsp3) is 0.176. The molecule has 2 N–H and O–H groups in total. The first-order chi connectivity index (χ1) is 10.5. The normalized spacial score (nSPS) is 11.2. The van der Waals surface area contributed by atoms with Crippen molar-refractivity contribution in [1.29, 1.82) is 0 Å². The molecule has 5 heteroatoms. The number of hydrogen-bond donors (Lipinski definition) is 1. The van der Waals surface area contributed by atoms with E-state index in [0.29, 0.717) is 5.65 Å². The molecule has 3 aromatic rings. The van der Waals surface area contributed by atoms with Gasteiger partial charge in [0.05, 0.1) is 0 Å². The van der Waals surface area contributed by atoms with Crippen LogP contribution in [0.3, 0.4) is 0 Å². The van der Waals surface area contributed by atoms with Gasteiger partial charge in [0.15, 0.2) is 0 Å². The molecule has 0 fully saturated rings. The van der Waals surface area contributed by atoms with E-state index in [0.717, 1.165) is 23.1 Å². The summed E-state index contributed by atoms with van der Waals surface area (Å²) in [5.74, 6) is 0. The lowest BCUT2D eigenvalue weighted by molar-refractivity contribution is 0.251. The lowest BCUT2D eigenvalue weighted by atomic mass is 10.0. The zero-order valence-corrected chi connectivity index (χ0v) is 12.7. The molecule has 0 saturated carbocycles. The number of hydrogen-bond acceptors (Lipinski definition) is 3. The Morgan fingerprint density at radius 3 is 2.77 bits per heavy atom. The Morgan fingerprint density at radius 1 is 1.23 bits per heavy atom. The maximum Gasteiger partial charge on any atom is 0.324 e. The molecule has 1 aromatic carbocycles. The van der Waals surface area contributed by atoms with E-state index in [-0.39, 0.29) is 0 Å². The van der Waals surface area contributed by atoms with Crippen molar-refractivity contribution in [3.8, 4) is 11.1 Å². The number of fused-ring (bicyclic) bond motifs is 1. The second-order valence-electron chi connectivity index (χ2n) is 5.60. The number of pyridine rings is 1. The van der Waals surface area contributed by atoms with Crippen molar-refractivity contribution in [2.75, 3.05) is 14.1 Å². The van der Waals surface area contributed by atoms with E-state index in [1.807, 2.05) is 32.3 Å². The smallest absolute Gasteiger partial charge is 0.324 e. The van der Waals surface area contributed by atoms with Crippen LogP contribution >= 0.6 is 0 Å². The molecule has 3 rings (SSSR count). The highest BCUT2D eigenvalue weighted by Gasteiger charge is 2.08. The third-order valence-corrected chi connectivity index (χ3v) is 3.52. The molecule has 2 aromatic heterocycles. The van der Waals surface area contributed by atoms with Gasteiger partial charge in [-0.3, -0.25) is 4.57 Å². The van der Waals surface area contributed by atoms with Gasteiger partial charge in [-0.05, 0) is 43.4 Å². The molecule has 1 amide bonds. The number of benzene rings is 1. The average Bonchev–Trinajstić information content (AvgIpc) is 2.90. The van der Waals surface area contributed by atoms with Gasteiger partial charge in [-0.1, -0.05) is 18.2 Å². The summed E-state index contributed by atoms with van der Waals surface area (Å²) in [7, 11) is 4.10. The summed E-state index contributed by atoms with van der Waals surface area (Å²) in [5, 5.41) is 0.898. The highest BCUT2D eigenvalue weighted by Crippen LogP contribution is 2.24. The Labute approximate surface area is 129 Å². The van der Waals surface area contributed by atoms with Gasteiger partial charge in [0.1, 0.15) is 5.65 Å². The van der Waals surface area contributed by atoms with Crippen LogP contribution in [-0.2, 0) is 6.54 Å². The number of aromatic nitrogens is 2. The van der Waals surface area contributed by atoms with Gasteiger partial charge in [0.2, 0.25) is 0 Å². The minimum atomic E-state index is -0.525. The molecule has 0 aliphatic rings. The Kier molecular flexibility index (Phi) is 3.65. The lowest BCUT2D eigenvalue weighted by Gasteiger charge is -2.11. The quantitative estimate of drug-likeness (QED) is 0.807. The zero-order chi connectivity index (χ0) is 15.7. The fourth-order valence-corrected chi connectivity index (χ4v) is 2.57. The summed E-state index contributed by atoms with van der Waals surface area (Å²) in [4.78, 5) is 17.8. The number of amides is 1. The van der Waals surface area contributed by atoms with Crippen molar-refractivity contribution in [1.82, 2.24) is 14.5 Å². The number of rotatable bonds is 3. The van der Waals surface area contributed by atoms with E-state index in [1.165, 1.54) is 10.1 Å². The van der Waals surface area contributed by atoms with Crippen LogP contribution in [0.25, 0.3) is 22.2 Å². The molecular weight excluding hydrogens is 276 g/mol. The number of carbonyl (C=O) groups is 1. The number of nitrogens with two attached hydrogens (primary N) is 1. The van der Waals surface area contributed by atoms with E-state index >= 15 is 0 Å². The van der Waals surface area contributed by atoms with Crippen LogP contribution in [0.15, 0.2) is 48.8 Å². The first kappa shape index (κ1) is 14.3. The molecule has 112 valence electrons. The second-order valence-corrected chi connectivity index (χ2v) is 5.60. The van der Waals surface area contributed by atoms with E-state index in [2.05, 4.69) is 28.1 Å². The second kappa shape index (κ2) is 5.61. The summed E-state index contributed by atoms with van der Waals surface area (Å²) < 4.78 is 1.35. The minimum absolute atomic E-state index is 0.525. The minimum Gasteiger partial charge on any atom is -0.351 e. The fourth-order valence-electron chi connectivity index (χ4n) is 2.57. The molecule has 5 nitrogen and oxygen atoms in total. The van der Waals surface area contributed by atoms with Gasteiger partial charge in [-0.15, -0.1) is 0 Å². The predicted octanol–water partition coefficient (Wildman–Crippen LogP) is 2.69. The largest absolute Gasteiger partial charge is 0.351 e. The third-order valence-electron chi connectivity index (χ3n) is 3.52. The lowest BCUT2D eigenvalue weighted by Crippen LogP contribution is -2.18. The van der Waals surface area contributed by atoms with Gasteiger partial charge in [-0.25, -0.2) is 9.78 Å². The zero-order valence-electron chi connectivity index (χ0n) is 12.7. The average molecular weight is 294 g/mol. The Hall–Kier alpha value is -2.66. The highest BCUT2D eigenvalue weighted by atomic mass is 16.2.